The van der Waals surface area contributed by atoms with E-state index < -0.39 is 6.10 Å². The molecule has 0 aromatic heterocycles. The Morgan fingerprint density at radius 3 is 2.70 bits per heavy atom. The van der Waals surface area contributed by atoms with Crippen LogP contribution in [0.5, 0.6) is 5.75 Å². The molecule has 0 bridgehead atoms. The fourth-order valence-corrected chi connectivity index (χ4v) is 3.67. The van der Waals surface area contributed by atoms with Gasteiger partial charge in [-0.05, 0) is 77.6 Å². The summed E-state index contributed by atoms with van der Waals surface area (Å²) in [5.41, 5.74) is 0.822. The molecule has 1 aliphatic rings. The van der Waals surface area contributed by atoms with Gasteiger partial charge in [0, 0.05) is 25.7 Å². The van der Waals surface area contributed by atoms with Crippen LogP contribution >= 0.6 is 24.0 Å². The van der Waals surface area contributed by atoms with Crippen molar-refractivity contribution in [2.75, 3.05) is 32.7 Å². The summed E-state index contributed by atoms with van der Waals surface area (Å²) in [6, 6.07) is 8.23. The van der Waals surface area contributed by atoms with Crippen molar-refractivity contribution in [3.63, 3.8) is 0 Å². The first kappa shape index (κ1) is 27.0. The molecule has 172 valence electrons. The lowest BCUT2D eigenvalue weighted by molar-refractivity contribution is 0.141. The van der Waals surface area contributed by atoms with Gasteiger partial charge < -0.3 is 25.4 Å². The van der Waals surface area contributed by atoms with Crippen molar-refractivity contribution in [3.05, 3.63) is 29.8 Å². The number of halogens is 1. The molecule has 7 heteroatoms. The number of guanidine groups is 1. The normalized spacial score (nSPS) is 18.8. The molecule has 1 aliphatic heterocycles. The molecule has 1 heterocycles. The van der Waals surface area contributed by atoms with Crippen LogP contribution in [0.4, 0.5) is 0 Å². The third-order valence-corrected chi connectivity index (χ3v) is 5.22. The van der Waals surface area contributed by atoms with Crippen LogP contribution in [0.1, 0.15) is 59.1 Å². The van der Waals surface area contributed by atoms with Crippen molar-refractivity contribution in [3.8, 4) is 5.75 Å². The fourth-order valence-electron chi connectivity index (χ4n) is 3.67. The number of likely N-dealkylation sites (tertiary alicyclic amines) is 1. The van der Waals surface area contributed by atoms with Gasteiger partial charge in [0.1, 0.15) is 5.75 Å². The van der Waals surface area contributed by atoms with Crippen LogP contribution in [0.2, 0.25) is 0 Å². The second kappa shape index (κ2) is 14.1. The minimum atomic E-state index is -0.660. The lowest BCUT2D eigenvalue weighted by atomic mass is 9.97. The molecule has 2 atom stereocenters. The van der Waals surface area contributed by atoms with E-state index in [2.05, 4.69) is 41.3 Å². The van der Waals surface area contributed by atoms with Gasteiger partial charge in [-0.3, -0.25) is 4.99 Å². The van der Waals surface area contributed by atoms with Crippen LogP contribution in [-0.4, -0.2) is 60.8 Å². The first-order valence-corrected chi connectivity index (χ1v) is 11.1. The van der Waals surface area contributed by atoms with Crippen LogP contribution in [0, 0.1) is 5.92 Å². The van der Waals surface area contributed by atoms with E-state index in [1.807, 2.05) is 38.1 Å². The van der Waals surface area contributed by atoms with Gasteiger partial charge in [-0.2, -0.15) is 0 Å². The topological polar surface area (TPSA) is 69.1 Å². The van der Waals surface area contributed by atoms with Crippen molar-refractivity contribution in [2.24, 2.45) is 10.9 Å². The highest BCUT2D eigenvalue weighted by molar-refractivity contribution is 14.0. The Morgan fingerprint density at radius 2 is 2.03 bits per heavy atom. The summed E-state index contributed by atoms with van der Waals surface area (Å²) in [6.07, 6.45) is 1.95. The third kappa shape index (κ3) is 9.39. The molecule has 0 saturated carbocycles. The number of hydrogen-bond acceptors (Lipinski definition) is 4. The highest BCUT2D eigenvalue weighted by Gasteiger charge is 2.21. The molecular formula is C23H41IN4O2. The van der Waals surface area contributed by atoms with Gasteiger partial charge in [0.15, 0.2) is 5.96 Å². The van der Waals surface area contributed by atoms with E-state index in [4.69, 9.17) is 4.74 Å². The molecule has 1 aromatic carbocycles. The molecule has 1 aromatic rings. The summed E-state index contributed by atoms with van der Waals surface area (Å²) in [5.74, 6) is 2.17. The summed E-state index contributed by atoms with van der Waals surface area (Å²) in [6.45, 7) is 14.9. The standard InChI is InChI=1S/C23H40N4O2.HI/c1-6-24-23(25-14-19-9-8-12-27(16-19)17(2)3)26-15-22(28)20-10-7-11-21(13-20)29-18(4)5;/h7,10-11,13,17-19,22,28H,6,8-9,12,14-16H2,1-5H3,(H2,24,25,26);1H. The van der Waals surface area contributed by atoms with Gasteiger partial charge in [-0.25, -0.2) is 0 Å². The van der Waals surface area contributed by atoms with E-state index >= 15 is 0 Å². The summed E-state index contributed by atoms with van der Waals surface area (Å²) >= 11 is 0. The van der Waals surface area contributed by atoms with Crippen LogP contribution in [0.3, 0.4) is 0 Å². The van der Waals surface area contributed by atoms with Gasteiger partial charge >= 0.3 is 0 Å². The number of ether oxygens (including phenoxy) is 1. The van der Waals surface area contributed by atoms with E-state index in [1.54, 1.807) is 0 Å². The largest absolute Gasteiger partial charge is 0.491 e. The maximum atomic E-state index is 10.6. The molecule has 2 unspecified atom stereocenters. The molecule has 0 aliphatic carbocycles. The summed E-state index contributed by atoms with van der Waals surface area (Å²) < 4.78 is 5.72. The van der Waals surface area contributed by atoms with Gasteiger partial charge in [0.2, 0.25) is 0 Å². The molecule has 1 saturated heterocycles. The van der Waals surface area contributed by atoms with Crippen molar-refractivity contribution in [1.82, 2.24) is 15.5 Å². The Kier molecular flexibility index (Phi) is 12.7. The minimum Gasteiger partial charge on any atom is -0.491 e. The quantitative estimate of drug-likeness (QED) is 0.257. The zero-order valence-corrected chi connectivity index (χ0v) is 21.6. The summed E-state index contributed by atoms with van der Waals surface area (Å²) in [4.78, 5) is 7.16. The first-order valence-electron chi connectivity index (χ1n) is 11.1. The lowest BCUT2D eigenvalue weighted by Crippen LogP contribution is -2.46. The Bertz CT molecular complexity index is 639. The minimum absolute atomic E-state index is 0. The number of aliphatic hydroxyl groups excluding tert-OH is 1. The molecule has 1 fully saturated rings. The predicted octanol–water partition coefficient (Wildman–Crippen LogP) is 3.80. The van der Waals surface area contributed by atoms with E-state index in [1.165, 1.54) is 19.4 Å². The molecule has 0 radical (unpaired) electrons. The number of aliphatic hydroxyl groups is 1. The van der Waals surface area contributed by atoms with Crippen molar-refractivity contribution < 1.29 is 9.84 Å². The van der Waals surface area contributed by atoms with Crippen LogP contribution in [-0.2, 0) is 0 Å². The lowest BCUT2D eigenvalue weighted by Gasteiger charge is -2.35. The fraction of sp³-hybridized carbons (Fsp3) is 0.696. The molecule has 30 heavy (non-hydrogen) atoms. The summed E-state index contributed by atoms with van der Waals surface area (Å²) in [5, 5.41) is 17.3. The monoisotopic (exact) mass is 532 g/mol. The van der Waals surface area contributed by atoms with Crippen LogP contribution < -0.4 is 15.4 Å². The molecular weight excluding hydrogens is 491 g/mol. The first-order chi connectivity index (χ1) is 13.9. The Morgan fingerprint density at radius 1 is 1.27 bits per heavy atom. The number of nitrogens with zero attached hydrogens (tertiary/aromatic N) is 2. The number of hydrogen-bond donors (Lipinski definition) is 3. The van der Waals surface area contributed by atoms with E-state index in [0.717, 1.165) is 36.9 Å². The number of aliphatic imine (C=N–C) groups is 1. The average Bonchev–Trinajstić information content (AvgIpc) is 2.69. The van der Waals surface area contributed by atoms with Gasteiger partial charge in [-0.15, -0.1) is 24.0 Å². The van der Waals surface area contributed by atoms with Crippen molar-refractivity contribution >= 4 is 29.9 Å². The Labute approximate surface area is 199 Å². The van der Waals surface area contributed by atoms with Crippen molar-refractivity contribution in [1.29, 1.82) is 0 Å². The number of nitrogens with one attached hydrogen (secondary N) is 2. The second-order valence-corrected chi connectivity index (χ2v) is 8.45. The predicted molar refractivity (Wildman–Crippen MR) is 136 cm³/mol. The smallest absolute Gasteiger partial charge is 0.191 e. The van der Waals surface area contributed by atoms with Gasteiger partial charge in [0.05, 0.1) is 18.8 Å². The molecule has 3 N–H and O–H groups in total. The zero-order chi connectivity index (χ0) is 21.2. The maximum Gasteiger partial charge on any atom is 0.191 e. The SMILES string of the molecule is CCNC(=NCC(O)c1cccc(OC(C)C)c1)NCC1CCCN(C(C)C)C1.I. The second-order valence-electron chi connectivity index (χ2n) is 8.45. The van der Waals surface area contributed by atoms with Crippen LogP contribution in [0.25, 0.3) is 0 Å². The highest BCUT2D eigenvalue weighted by atomic mass is 127. The maximum absolute atomic E-state index is 10.6. The average molecular weight is 533 g/mol. The highest BCUT2D eigenvalue weighted by Crippen LogP contribution is 2.21. The molecule has 0 spiro atoms. The molecule has 2 rings (SSSR count). The van der Waals surface area contributed by atoms with Gasteiger partial charge in [0.25, 0.3) is 0 Å². The summed E-state index contributed by atoms with van der Waals surface area (Å²) in [7, 11) is 0. The van der Waals surface area contributed by atoms with Gasteiger partial charge in [-0.1, -0.05) is 12.1 Å². The number of benzene rings is 1. The number of rotatable bonds is 9. The Balaban J connectivity index is 0.00000450. The van der Waals surface area contributed by atoms with E-state index in [0.29, 0.717) is 18.5 Å². The van der Waals surface area contributed by atoms with Crippen LogP contribution in [0.15, 0.2) is 29.3 Å². The zero-order valence-electron chi connectivity index (χ0n) is 19.2. The molecule has 0 amide bonds. The number of piperidine rings is 1. The molecule has 6 nitrogen and oxygen atoms in total. The Hall–Kier alpha value is -1.06. The third-order valence-electron chi connectivity index (χ3n) is 5.22. The van der Waals surface area contributed by atoms with E-state index in [9.17, 15) is 5.11 Å². The van der Waals surface area contributed by atoms with Crippen molar-refractivity contribution in [2.45, 2.75) is 65.7 Å². The van der Waals surface area contributed by atoms with E-state index in [-0.39, 0.29) is 30.1 Å².